The summed E-state index contributed by atoms with van der Waals surface area (Å²) in [5.41, 5.74) is 0. The average molecular weight is 419 g/mol. The molecule has 0 aromatic carbocycles. The van der Waals surface area contributed by atoms with Crippen molar-refractivity contribution < 1.29 is 32.3 Å². The zero-order valence-electron chi connectivity index (χ0n) is 15.3. The summed E-state index contributed by atoms with van der Waals surface area (Å²) in [6.45, 7) is 7.80. The van der Waals surface area contributed by atoms with E-state index in [4.69, 9.17) is 19.2 Å². The number of halogens is 3. The molecule has 2 aromatic heterocycles. The SMILES string of the molecule is Cc1noc([C@H]2CO[C@@H]3CN(Cc4ccc(C)s4)C[C@H]23)n1.O=C(O)C(F)(F)F. The lowest BCUT2D eigenvalue weighted by Crippen LogP contribution is -2.23. The smallest absolute Gasteiger partial charge is 0.475 e. The number of hydrogen-bond acceptors (Lipinski definition) is 7. The molecule has 0 radical (unpaired) electrons. The van der Waals surface area contributed by atoms with Crippen molar-refractivity contribution in [3.63, 3.8) is 0 Å². The molecule has 7 nitrogen and oxygen atoms in total. The van der Waals surface area contributed by atoms with Gasteiger partial charge in [0.25, 0.3) is 0 Å². The number of nitrogens with zero attached hydrogens (tertiary/aromatic N) is 3. The Balaban J connectivity index is 0.000000279. The number of carboxylic acid groups (broad SMARTS) is 1. The Morgan fingerprint density at radius 1 is 1.36 bits per heavy atom. The van der Waals surface area contributed by atoms with Crippen LogP contribution in [0.25, 0.3) is 0 Å². The van der Waals surface area contributed by atoms with E-state index in [1.54, 1.807) is 0 Å². The monoisotopic (exact) mass is 419 g/mol. The Morgan fingerprint density at radius 2 is 2.07 bits per heavy atom. The normalized spacial score (nSPS) is 24.7. The van der Waals surface area contributed by atoms with E-state index >= 15 is 0 Å². The highest BCUT2D eigenvalue weighted by atomic mass is 32.1. The third kappa shape index (κ3) is 4.89. The number of aliphatic carboxylic acids is 1. The first-order valence-electron chi connectivity index (χ1n) is 8.63. The van der Waals surface area contributed by atoms with E-state index in [0.29, 0.717) is 24.5 Å². The Morgan fingerprint density at radius 3 is 2.61 bits per heavy atom. The number of fused-ring (bicyclic) bond motifs is 1. The Labute approximate surface area is 163 Å². The number of likely N-dealkylation sites (tertiary alicyclic amines) is 1. The van der Waals surface area contributed by atoms with Crippen molar-refractivity contribution in [3.05, 3.63) is 33.6 Å². The fraction of sp³-hybridized carbons (Fsp3) is 0.588. The molecule has 3 atom stereocenters. The number of ether oxygens (including phenoxy) is 1. The molecule has 0 aliphatic carbocycles. The van der Waals surface area contributed by atoms with Crippen LogP contribution in [0.2, 0.25) is 0 Å². The van der Waals surface area contributed by atoms with Crippen LogP contribution < -0.4 is 0 Å². The van der Waals surface area contributed by atoms with Gasteiger partial charge in [-0.15, -0.1) is 11.3 Å². The Kier molecular flexibility index (Phi) is 6.06. The third-order valence-corrected chi connectivity index (χ3v) is 5.66. The molecular formula is C17H20F3N3O4S. The lowest BCUT2D eigenvalue weighted by Gasteiger charge is -2.17. The van der Waals surface area contributed by atoms with Gasteiger partial charge in [0, 0.05) is 35.3 Å². The Bertz CT molecular complexity index is 823. The molecule has 4 heterocycles. The van der Waals surface area contributed by atoms with Crippen molar-refractivity contribution >= 4 is 17.3 Å². The number of aryl methyl sites for hydroxylation is 2. The van der Waals surface area contributed by atoms with Crippen molar-refractivity contribution in [2.75, 3.05) is 19.7 Å². The van der Waals surface area contributed by atoms with Gasteiger partial charge < -0.3 is 14.4 Å². The van der Waals surface area contributed by atoms with Gasteiger partial charge >= 0.3 is 12.1 Å². The molecule has 0 amide bonds. The van der Waals surface area contributed by atoms with Crippen molar-refractivity contribution in [3.8, 4) is 0 Å². The van der Waals surface area contributed by atoms with Gasteiger partial charge in [-0.25, -0.2) is 4.79 Å². The molecule has 154 valence electrons. The van der Waals surface area contributed by atoms with Gasteiger partial charge in [-0.2, -0.15) is 18.2 Å². The third-order valence-electron chi connectivity index (χ3n) is 4.67. The topological polar surface area (TPSA) is 88.7 Å². The van der Waals surface area contributed by atoms with Crippen LogP contribution in [0.5, 0.6) is 0 Å². The van der Waals surface area contributed by atoms with Crippen molar-refractivity contribution in [1.82, 2.24) is 15.0 Å². The lowest BCUT2D eigenvalue weighted by atomic mass is 9.93. The summed E-state index contributed by atoms with van der Waals surface area (Å²) in [5, 5.41) is 11.0. The van der Waals surface area contributed by atoms with Gasteiger partial charge in [-0.3, -0.25) is 4.90 Å². The van der Waals surface area contributed by atoms with Crippen LogP contribution in [0.3, 0.4) is 0 Å². The maximum Gasteiger partial charge on any atom is 0.490 e. The molecule has 0 spiro atoms. The van der Waals surface area contributed by atoms with Gasteiger partial charge in [-0.1, -0.05) is 5.16 Å². The van der Waals surface area contributed by atoms with Gasteiger partial charge in [0.05, 0.1) is 18.6 Å². The van der Waals surface area contributed by atoms with E-state index in [9.17, 15) is 13.2 Å². The maximum absolute atomic E-state index is 10.6. The van der Waals surface area contributed by atoms with Crippen molar-refractivity contribution in [1.29, 1.82) is 0 Å². The molecule has 2 aromatic rings. The first kappa shape index (κ1) is 20.7. The zero-order chi connectivity index (χ0) is 20.5. The summed E-state index contributed by atoms with van der Waals surface area (Å²) in [5.74, 6) is -0.573. The summed E-state index contributed by atoms with van der Waals surface area (Å²) < 4.78 is 43.1. The Hall–Kier alpha value is -1.98. The van der Waals surface area contributed by atoms with Gasteiger partial charge in [0.2, 0.25) is 5.89 Å². The summed E-state index contributed by atoms with van der Waals surface area (Å²) in [4.78, 5) is 18.6. The van der Waals surface area contributed by atoms with Crippen LogP contribution in [-0.4, -0.2) is 58.1 Å². The van der Waals surface area contributed by atoms with Gasteiger partial charge in [0.1, 0.15) is 0 Å². The highest BCUT2D eigenvalue weighted by Crippen LogP contribution is 2.39. The van der Waals surface area contributed by atoms with Gasteiger partial charge in [0.15, 0.2) is 5.82 Å². The average Bonchev–Trinajstić information content (AvgIpc) is 3.33. The van der Waals surface area contributed by atoms with Crippen LogP contribution in [0.4, 0.5) is 13.2 Å². The number of carbonyl (C=O) groups is 1. The van der Waals surface area contributed by atoms with E-state index < -0.39 is 12.1 Å². The van der Waals surface area contributed by atoms with Crippen molar-refractivity contribution in [2.45, 2.75) is 38.6 Å². The predicted octanol–water partition coefficient (Wildman–Crippen LogP) is 3.00. The number of carboxylic acids is 1. The standard InChI is InChI=1S/C15H19N3O2S.C2HF3O2/c1-9-3-4-11(21-9)5-18-6-12-13(8-19-14(12)7-18)15-16-10(2)17-20-15;3-2(4,5)1(6)7/h3-4,12-14H,5-8H2,1-2H3;(H,6,7)/t12-,13+,14-;/m1./s1. The fourth-order valence-electron chi connectivity index (χ4n) is 3.43. The summed E-state index contributed by atoms with van der Waals surface area (Å²) in [6.07, 6.45) is -4.77. The molecular weight excluding hydrogens is 399 g/mol. The predicted molar refractivity (Wildman–Crippen MR) is 93.0 cm³/mol. The summed E-state index contributed by atoms with van der Waals surface area (Å²) in [6, 6.07) is 4.42. The molecule has 0 unspecified atom stereocenters. The number of alkyl halides is 3. The molecule has 28 heavy (non-hydrogen) atoms. The zero-order valence-corrected chi connectivity index (χ0v) is 16.1. The molecule has 0 saturated carbocycles. The van der Waals surface area contributed by atoms with E-state index in [1.807, 2.05) is 18.3 Å². The van der Waals surface area contributed by atoms with Gasteiger partial charge in [-0.05, 0) is 26.0 Å². The highest BCUT2D eigenvalue weighted by molar-refractivity contribution is 7.11. The molecule has 2 fully saturated rings. The number of thiophene rings is 1. The first-order chi connectivity index (χ1) is 13.1. The minimum Gasteiger partial charge on any atom is -0.475 e. The van der Waals surface area contributed by atoms with Crippen LogP contribution >= 0.6 is 11.3 Å². The highest BCUT2D eigenvalue weighted by Gasteiger charge is 2.46. The lowest BCUT2D eigenvalue weighted by molar-refractivity contribution is -0.192. The summed E-state index contributed by atoms with van der Waals surface area (Å²) in [7, 11) is 0. The fourth-order valence-corrected chi connectivity index (χ4v) is 4.36. The molecule has 2 aliphatic rings. The van der Waals surface area contributed by atoms with Crippen LogP contribution in [0.15, 0.2) is 16.7 Å². The second-order valence-corrected chi connectivity index (χ2v) is 8.20. The molecule has 0 bridgehead atoms. The molecule has 4 rings (SSSR count). The van der Waals surface area contributed by atoms with E-state index in [2.05, 4.69) is 34.1 Å². The van der Waals surface area contributed by atoms with Crippen LogP contribution in [0, 0.1) is 19.8 Å². The van der Waals surface area contributed by atoms with Crippen molar-refractivity contribution in [2.24, 2.45) is 5.92 Å². The van der Waals surface area contributed by atoms with E-state index in [1.165, 1.54) is 9.75 Å². The maximum atomic E-state index is 10.6. The number of aromatic nitrogens is 2. The van der Waals surface area contributed by atoms with E-state index in [0.717, 1.165) is 25.5 Å². The minimum atomic E-state index is -5.08. The number of hydrogen-bond donors (Lipinski definition) is 1. The molecule has 2 saturated heterocycles. The minimum absolute atomic E-state index is 0.256. The van der Waals surface area contributed by atoms with E-state index in [-0.39, 0.29) is 5.92 Å². The van der Waals surface area contributed by atoms with Crippen LogP contribution in [-0.2, 0) is 16.1 Å². The van der Waals surface area contributed by atoms with Crippen LogP contribution in [0.1, 0.15) is 27.4 Å². The second kappa shape index (κ2) is 8.18. The first-order valence-corrected chi connectivity index (χ1v) is 9.44. The number of rotatable bonds is 3. The molecule has 11 heteroatoms. The molecule has 1 N–H and O–H groups in total. The second-order valence-electron chi connectivity index (χ2n) is 6.83. The quantitative estimate of drug-likeness (QED) is 0.818. The molecule has 2 aliphatic heterocycles. The summed E-state index contributed by atoms with van der Waals surface area (Å²) >= 11 is 1.88. The largest absolute Gasteiger partial charge is 0.490 e.